The van der Waals surface area contributed by atoms with Crippen LogP contribution in [0, 0.1) is 6.92 Å². The molecule has 0 atom stereocenters. The zero-order valence-corrected chi connectivity index (χ0v) is 23.2. The number of H-pyrrole nitrogens is 1. The van der Waals surface area contributed by atoms with Crippen molar-refractivity contribution in [2.75, 3.05) is 11.9 Å². The molecule has 2 N–H and O–H groups in total. The second-order valence-corrected chi connectivity index (χ2v) is 11.9. The van der Waals surface area contributed by atoms with Crippen LogP contribution in [0.1, 0.15) is 55.8 Å². The minimum Gasteiger partial charge on any atom is -0.384 e. The lowest BCUT2D eigenvalue weighted by atomic mass is 9.91. The Balaban J connectivity index is 1.39. The van der Waals surface area contributed by atoms with Gasteiger partial charge in [0.2, 0.25) is 0 Å². The lowest BCUT2D eigenvalue weighted by molar-refractivity contribution is 0.787. The predicted molar refractivity (Wildman–Crippen MR) is 163 cm³/mol. The number of fused-ring (bicyclic) bond motifs is 8. The number of pyridine rings is 1. The van der Waals surface area contributed by atoms with Crippen LogP contribution in [-0.2, 0) is 12.8 Å². The first kappa shape index (κ1) is 23.4. The normalized spacial score (nSPS) is 13.0. The quantitative estimate of drug-likeness (QED) is 0.225. The van der Waals surface area contributed by atoms with Crippen molar-refractivity contribution >= 4 is 48.7 Å². The summed E-state index contributed by atoms with van der Waals surface area (Å²) in [6.45, 7) is 9.78. The number of imidazole rings is 1. The summed E-state index contributed by atoms with van der Waals surface area (Å²) < 4.78 is 1.40. The Bertz CT molecular complexity index is 1860. The van der Waals surface area contributed by atoms with Crippen molar-refractivity contribution in [1.29, 1.82) is 0 Å². The van der Waals surface area contributed by atoms with Gasteiger partial charge in [-0.05, 0) is 77.2 Å². The average Bonchev–Trinajstić information content (AvgIpc) is 3.58. The first-order valence-corrected chi connectivity index (χ1v) is 14.5. The van der Waals surface area contributed by atoms with Crippen LogP contribution in [0.4, 0.5) is 5.69 Å². The number of rotatable bonds is 5. The van der Waals surface area contributed by atoms with Gasteiger partial charge >= 0.3 is 0 Å². The Morgan fingerprint density at radius 1 is 1.00 bits per heavy atom. The Hall–Kier alpha value is -3.70. The molecule has 0 spiro atoms. The molecule has 4 nitrogen and oxygen atoms in total. The van der Waals surface area contributed by atoms with Crippen molar-refractivity contribution < 1.29 is 0 Å². The summed E-state index contributed by atoms with van der Waals surface area (Å²) in [6, 6.07) is 16.1. The van der Waals surface area contributed by atoms with Gasteiger partial charge in [-0.15, -0.1) is 11.3 Å². The Morgan fingerprint density at radius 2 is 1.89 bits per heavy atom. The number of nitrogens with one attached hydrogen (secondary N) is 2. The van der Waals surface area contributed by atoms with E-state index in [9.17, 15) is 0 Å². The molecule has 5 heteroatoms. The van der Waals surface area contributed by atoms with E-state index in [1.54, 1.807) is 0 Å². The Labute approximate surface area is 227 Å². The highest BCUT2D eigenvalue weighted by Gasteiger charge is 2.24. The molecule has 0 fully saturated rings. The van der Waals surface area contributed by atoms with Crippen LogP contribution < -0.4 is 5.32 Å². The van der Waals surface area contributed by atoms with Crippen molar-refractivity contribution in [3.05, 3.63) is 77.5 Å². The molecule has 1 aliphatic rings. The van der Waals surface area contributed by atoms with E-state index in [-0.39, 0.29) is 0 Å². The SMILES string of the molecule is CCCNc1c(C)c2cnccc2c2cc(-c3cc4ccc5c(c4s3)CCc3[nH]c(C(C)C)nc3-5)ccc12. The van der Waals surface area contributed by atoms with Crippen molar-refractivity contribution in [1.82, 2.24) is 15.0 Å². The smallest absolute Gasteiger partial charge is 0.109 e. The second-order valence-electron chi connectivity index (χ2n) is 10.8. The summed E-state index contributed by atoms with van der Waals surface area (Å²) in [6.07, 6.45) is 7.09. The molecule has 1 aliphatic carbocycles. The summed E-state index contributed by atoms with van der Waals surface area (Å²) in [5, 5.41) is 10.1. The summed E-state index contributed by atoms with van der Waals surface area (Å²) >= 11 is 1.92. The number of aryl methyl sites for hydroxylation is 3. The maximum absolute atomic E-state index is 5.00. The van der Waals surface area contributed by atoms with Crippen molar-refractivity contribution in [2.24, 2.45) is 0 Å². The number of benzene rings is 3. The van der Waals surface area contributed by atoms with Crippen LogP contribution in [0.15, 0.2) is 54.9 Å². The fraction of sp³-hybridized carbons (Fsp3) is 0.273. The van der Waals surface area contributed by atoms with E-state index in [1.165, 1.54) is 70.1 Å². The molecule has 0 radical (unpaired) electrons. The van der Waals surface area contributed by atoms with Crippen molar-refractivity contribution in [3.8, 4) is 21.7 Å². The maximum atomic E-state index is 5.00. The molecule has 3 aromatic heterocycles. The first-order valence-electron chi connectivity index (χ1n) is 13.7. The monoisotopic (exact) mass is 516 g/mol. The summed E-state index contributed by atoms with van der Waals surface area (Å²) in [5.74, 6) is 1.50. The van der Waals surface area contributed by atoms with Crippen LogP contribution >= 0.6 is 11.3 Å². The highest BCUT2D eigenvalue weighted by atomic mass is 32.1. The molecule has 0 amide bonds. The fourth-order valence-electron chi connectivity index (χ4n) is 6.01. The first-order chi connectivity index (χ1) is 18.5. The molecule has 3 aromatic carbocycles. The molecule has 3 heterocycles. The topological polar surface area (TPSA) is 53.6 Å². The zero-order chi connectivity index (χ0) is 26.0. The number of aromatic amines is 1. The van der Waals surface area contributed by atoms with E-state index >= 15 is 0 Å². The van der Waals surface area contributed by atoms with E-state index < -0.39 is 0 Å². The molecule has 190 valence electrons. The summed E-state index contributed by atoms with van der Waals surface area (Å²) in [5.41, 5.74) is 8.97. The molecular formula is C33H32N4S. The van der Waals surface area contributed by atoms with Crippen LogP contribution in [0.3, 0.4) is 0 Å². The number of aromatic nitrogens is 3. The van der Waals surface area contributed by atoms with Gasteiger partial charge in [-0.3, -0.25) is 4.98 Å². The molecule has 0 bridgehead atoms. The second kappa shape index (κ2) is 8.95. The summed E-state index contributed by atoms with van der Waals surface area (Å²) in [7, 11) is 0. The number of anilines is 1. The Morgan fingerprint density at radius 3 is 2.74 bits per heavy atom. The standard InChI is InChI=1S/C33H32N4S/c1-5-13-35-30-19(4)27-17-34-14-12-22(27)26-15-20(6-8-24(26)30)29-16-21-7-9-23-25(32(21)38-29)10-11-28-31(23)37-33(36-28)18(2)3/h6-9,12,14-18,35H,5,10-11,13H2,1-4H3,(H,36,37). The third-order valence-electron chi connectivity index (χ3n) is 8.03. The molecule has 38 heavy (non-hydrogen) atoms. The number of thiophene rings is 1. The van der Waals surface area contributed by atoms with E-state index in [2.05, 4.69) is 85.4 Å². The largest absolute Gasteiger partial charge is 0.384 e. The van der Waals surface area contributed by atoms with E-state index in [0.29, 0.717) is 5.92 Å². The zero-order valence-electron chi connectivity index (χ0n) is 22.4. The minimum atomic E-state index is 0.405. The minimum absolute atomic E-state index is 0.405. The van der Waals surface area contributed by atoms with Gasteiger partial charge in [0.1, 0.15) is 5.82 Å². The van der Waals surface area contributed by atoms with Gasteiger partial charge in [0, 0.05) is 62.2 Å². The van der Waals surface area contributed by atoms with Crippen LogP contribution in [0.2, 0.25) is 0 Å². The van der Waals surface area contributed by atoms with Crippen LogP contribution in [0.25, 0.3) is 53.3 Å². The van der Waals surface area contributed by atoms with Gasteiger partial charge in [-0.1, -0.05) is 45.0 Å². The molecule has 0 saturated carbocycles. The van der Waals surface area contributed by atoms with Gasteiger partial charge in [-0.25, -0.2) is 4.98 Å². The van der Waals surface area contributed by atoms with E-state index in [0.717, 1.165) is 37.3 Å². The molecule has 0 aliphatic heterocycles. The lowest BCUT2D eigenvalue weighted by Crippen LogP contribution is -2.03. The van der Waals surface area contributed by atoms with Gasteiger partial charge in [0.05, 0.1) is 5.69 Å². The molecule has 0 saturated heterocycles. The third kappa shape index (κ3) is 3.56. The highest BCUT2D eigenvalue weighted by molar-refractivity contribution is 7.22. The molecule has 7 rings (SSSR count). The third-order valence-corrected chi connectivity index (χ3v) is 9.29. The van der Waals surface area contributed by atoms with Gasteiger partial charge in [0.25, 0.3) is 0 Å². The molecule has 0 unspecified atom stereocenters. The van der Waals surface area contributed by atoms with E-state index in [4.69, 9.17) is 4.98 Å². The number of hydrogen-bond donors (Lipinski definition) is 2. The van der Waals surface area contributed by atoms with Gasteiger partial charge in [-0.2, -0.15) is 0 Å². The van der Waals surface area contributed by atoms with Gasteiger partial charge < -0.3 is 10.3 Å². The van der Waals surface area contributed by atoms with Crippen molar-refractivity contribution in [3.63, 3.8) is 0 Å². The molecule has 6 aromatic rings. The average molecular weight is 517 g/mol. The maximum Gasteiger partial charge on any atom is 0.109 e. The Kier molecular flexibility index (Phi) is 5.52. The molecular weight excluding hydrogens is 484 g/mol. The number of nitrogens with zero attached hydrogens (tertiary/aromatic N) is 2. The predicted octanol–water partition coefficient (Wildman–Crippen LogP) is 9.01. The van der Waals surface area contributed by atoms with Gasteiger partial charge in [0.15, 0.2) is 0 Å². The van der Waals surface area contributed by atoms with Crippen LogP contribution in [0.5, 0.6) is 0 Å². The number of hydrogen-bond acceptors (Lipinski definition) is 4. The fourth-order valence-corrected chi connectivity index (χ4v) is 7.24. The van der Waals surface area contributed by atoms with Crippen molar-refractivity contribution in [2.45, 2.75) is 52.9 Å². The lowest BCUT2D eigenvalue weighted by Gasteiger charge is -2.17. The highest BCUT2D eigenvalue weighted by Crippen LogP contribution is 2.44. The summed E-state index contributed by atoms with van der Waals surface area (Å²) in [4.78, 5) is 14.4. The van der Waals surface area contributed by atoms with E-state index in [1.807, 2.05) is 23.7 Å². The van der Waals surface area contributed by atoms with Crippen LogP contribution in [-0.4, -0.2) is 21.5 Å².